The van der Waals surface area contributed by atoms with Crippen LogP contribution in [0.25, 0.3) is 0 Å². The lowest BCUT2D eigenvalue weighted by Gasteiger charge is -2.40. The Morgan fingerprint density at radius 2 is 1.59 bits per heavy atom. The molecule has 0 amide bonds. The molecule has 17 heavy (non-hydrogen) atoms. The van der Waals surface area contributed by atoms with Crippen LogP contribution in [0.4, 0.5) is 0 Å². The second kappa shape index (κ2) is 5.71. The molecule has 0 unspecified atom stereocenters. The molecule has 0 aromatic carbocycles. The number of nitrogens with zero attached hydrogens (tertiary/aromatic N) is 1. The van der Waals surface area contributed by atoms with Gasteiger partial charge in [-0.2, -0.15) is 0 Å². The molecule has 2 rings (SSSR count). The minimum absolute atomic E-state index is 0.505. The predicted octanol–water partition coefficient (Wildman–Crippen LogP) is 3.31. The molecular weight excluding hydrogens is 210 g/mol. The lowest BCUT2D eigenvalue weighted by Crippen LogP contribution is -2.44. The molecule has 2 aliphatic heterocycles. The third-order valence-electron chi connectivity index (χ3n) is 4.26. The molecule has 100 valence electrons. The van der Waals surface area contributed by atoms with Crippen LogP contribution >= 0.6 is 0 Å². The van der Waals surface area contributed by atoms with Gasteiger partial charge in [-0.25, -0.2) is 0 Å². The van der Waals surface area contributed by atoms with Crippen molar-refractivity contribution in [1.29, 1.82) is 0 Å². The molecule has 2 heterocycles. The Morgan fingerprint density at radius 1 is 1.00 bits per heavy atom. The highest BCUT2D eigenvalue weighted by molar-refractivity contribution is 4.81. The molecule has 2 nitrogen and oxygen atoms in total. The van der Waals surface area contributed by atoms with E-state index < -0.39 is 0 Å². The Kier molecular flexibility index (Phi) is 4.48. The molecule has 2 heteroatoms. The lowest BCUT2D eigenvalue weighted by atomic mass is 9.80. The Hall–Kier alpha value is -0.0800. The molecule has 2 aliphatic rings. The summed E-state index contributed by atoms with van der Waals surface area (Å²) in [5, 5.41) is 0. The smallest absolute Gasteiger partial charge is 0.0480 e. The summed E-state index contributed by atoms with van der Waals surface area (Å²) < 4.78 is 5.45. The maximum Gasteiger partial charge on any atom is 0.0480 e. The monoisotopic (exact) mass is 239 g/mol. The van der Waals surface area contributed by atoms with Gasteiger partial charge >= 0.3 is 0 Å². The SMILES string of the molecule is CC(C)(C)CC1CCN(C2CCOCC2)CC1. The first-order valence-corrected chi connectivity index (χ1v) is 7.36. The summed E-state index contributed by atoms with van der Waals surface area (Å²) in [4.78, 5) is 2.72. The number of hydrogen-bond acceptors (Lipinski definition) is 2. The zero-order chi connectivity index (χ0) is 12.3. The van der Waals surface area contributed by atoms with Crippen LogP contribution in [0.2, 0.25) is 0 Å². The van der Waals surface area contributed by atoms with Crippen molar-refractivity contribution in [3.8, 4) is 0 Å². The van der Waals surface area contributed by atoms with Crippen LogP contribution < -0.4 is 0 Å². The van der Waals surface area contributed by atoms with E-state index >= 15 is 0 Å². The molecular formula is C15H29NO. The molecule has 0 aromatic heterocycles. The van der Waals surface area contributed by atoms with Crippen molar-refractivity contribution in [1.82, 2.24) is 4.90 Å². The van der Waals surface area contributed by atoms with Crippen molar-refractivity contribution >= 4 is 0 Å². The van der Waals surface area contributed by atoms with Crippen LogP contribution in [0.3, 0.4) is 0 Å². The Balaban J connectivity index is 1.73. The van der Waals surface area contributed by atoms with Gasteiger partial charge in [0.1, 0.15) is 0 Å². The highest BCUT2D eigenvalue weighted by Gasteiger charge is 2.28. The van der Waals surface area contributed by atoms with Crippen molar-refractivity contribution in [2.24, 2.45) is 11.3 Å². The first-order valence-electron chi connectivity index (χ1n) is 7.36. The third kappa shape index (κ3) is 4.26. The van der Waals surface area contributed by atoms with Crippen LogP contribution in [0.5, 0.6) is 0 Å². The maximum absolute atomic E-state index is 5.45. The molecule has 0 saturated carbocycles. The average Bonchev–Trinajstić information content (AvgIpc) is 2.29. The summed E-state index contributed by atoms with van der Waals surface area (Å²) in [5.74, 6) is 0.964. The van der Waals surface area contributed by atoms with Crippen LogP contribution in [0, 0.1) is 11.3 Å². The second-order valence-electron chi connectivity index (χ2n) is 7.09. The Morgan fingerprint density at radius 3 is 2.12 bits per heavy atom. The average molecular weight is 239 g/mol. The van der Waals surface area contributed by atoms with E-state index in [0.717, 1.165) is 25.2 Å². The largest absolute Gasteiger partial charge is 0.381 e. The summed E-state index contributed by atoms with van der Waals surface area (Å²) >= 11 is 0. The summed E-state index contributed by atoms with van der Waals surface area (Å²) in [7, 11) is 0. The quantitative estimate of drug-likeness (QED) is 0.733. The Labute approximate surface area is 107 Å². The minimum Gasteiger partial charge on any atom is -0.381 e. The van der Waals surface area contributed by atoms with Gasteiger partial charge < -0.3 is 9.64 Å². The van der Waals surface area contributed by atoms with E-state index in [-0.39, 0.29) is 0 Å². The van der Waals surface area contributed by atoms with Gasteiger partial charge in [0, 0.05) is 19.3 Å². The van der Waals surface area contributed by atoms with Crippen molar-refractivity contribution in [3.05, 3.63) is 0 Å². The third-order valence-corrected chi connectivity index (χ3v) is 4.26. The van der Waals surface area contributed by atoms with Crippen LogP contribution in [0.1, 0.15) is 52.9 Å². The van der Waals surface area contributed by atoms with Crippen LogP contribution in [0.15, 0.2) is 0 Å². The number of rotatable bonds is 2. The van der Waals surface area contributed by atoms with Crippen molar-refractivity contribution < 1.29 is 4.74 Å². The Bertz CT molecular complexity index is 220. The zero-order valence-electron chi connectivity index (χ0n) is 11.9. The summed E-state index contributed by atoms with van der Waals surface area (Å²) in [5.41, 5.74) is 0.505. The van der Waals surface area contributed by atoms with E-state index in [1.54, 1.807) is 0 Å². The highest BCUT2D eigenvalue weighted by atomic mass is 16.5. The summed E-state index contributed by atoms with van der Waals surface area (Å²) in [6, 6.07) is 0.819. The minimum atomic E-state index is 0.505. The van der Waals surface area contributed by atoms with E-state index in [0.29, 0.717) is 5.41 Å². The second-order valence-corrected chi connectivity index (χ2v) is 7.09. The number of ether oxygens (including phenoxy) is 1. The highest BCUT2D eigenvalue weighted by Crippen LogP contribution is 2.32. The first-order chi connectivity index (χ1) is 8.04. The normalized spacial score (nSPS) is 26.3. The van der Waals surface area contributed by atoms with Gasteiger partial charge in [-0.3, -0.25) is 0 Å². The van der Waals surface area contributed by atoms with E-state index in [1.165, 1.54) is 45.2 Å². The summed E-state index contributed by atoms with van der Waals surface area (Å²) in [6.45, 7) is 11.7. The van der Waals surface area contributed by atoms with E-state index in [1.807, 2.05) is 0 Å². The van der Waals surface area contributed by atoms with Gasteiger partial charge in [-0.05, 0) is 56.5 Å². The van der Waals surface area contributed by atoms with E-state index in [2.05, 4.69) is 25.7 Å². The molecule has 0 aromatic rings. The maximum atomic E-state index is 5.45. The molecule has 2 fully saturated rings. The van der Waals surface area contributed by atoms with Gasteiger partial charge in [-0.1, -0.05) is 20.8 Å². The molecule has 0 bridgehead atoms. The number of piperidine rings is 1. The lowest BCUT2D eigenvalue weighted by molar-refractivity contribution is 0.0183. The van der Waals surface area contributed by atoms with Gasteiger partial charge in [0.2, 0.25) is 0 Å². The molecule has 0 radical (unpaired) electrons. The standard InChI is InChI=1S/C15H29NO/c1-15(2,3)12-13-4-8-16(9-5-13)14-6-10-17-11-7-14/h13-14H,4-12H2,1-3H3. The predicted molar refractivity (Wildman–Crippen MR) is 72.2 cm³/mol. The van der Waals surface area contributed by atoms with Crippen LogP contribution in [-0.2, 0) is 4.74 Å². The number of likely N-dealkylation sites (tertiary alicyclic amines) is 1. The molecule has 0 atom stereocenters. The first kappa shape index (κ1) is 13.4. The van der Waals surface area contributed by atoms with Crippen molar-refractivity contribution in [3.63, 3.8) is 0 Å². The van der Waals surface area contributed by atoms with Crippen molar-refractivity contribution in [2.45, 2.75) is 58.9 Å². The van der Waals surface area contributed by atoms with Crippen LogP contribution in [-0.4, -0.2) is 37.2 Å². The molecule has 0 aliphatic carbocycles. The van der Waals surface area contributed by atoms with E-state index in [4.69, 9.17) is 4.74 Å². The fourth-order valence-corrected chi connectivity index (χ4v) is 3.44. The molecule has 0 spiro atoms. The number of hydrogen-bond donors (Lipinski definition) is 0. The fraction of sp³-hybridized carbons (Fsp3) is 1.00. The summed E-state index contributed by atoms with van der Waals surface area (Å²) in [6.07, 6.45) is 6.73. The van der Waals surface area contributed by atoms with E-state index in [9.17, 15) is 0 Å². The van der Waals surface area contributed by atoms with Gasteiger partial charge in [0.15, 0.2) is 0 Å². The fourth-order valence-electron chi connectivity index (χ4n) is 3.44. The van der Waals surface area contributed by atoms with Crippen molar-refractivity contribution in [2.75, 3.05) is 26.3 Å². The topological polar surface area (TPSA) is 12.5 Å². The van der Waals surface area contributed by atoms with Gasteiger partial charge in [-0.15, -0.1) is 0 Å². The molecule has 0 N–H and O–H groups in total. The zero-order valence-corrected chi connectivity index (χ0v) is 11.9. The van der Waals surface area contributed by atoms with Gasteiger partial charge in [0.25, 0.3) is 0 Å². The molecule has 2 saturated heterocycles. The van der Waals surface area contributed by atoms with Gasteiger partial charge in [0.05, 0.1) is 0 Å².